The number of hydrogen-bond donors (Lipinski definition) is 4. The number of aliphatic hydroxyl groups is 4. The van der Waals surface area contributed by atoms with E-state index >= 15 is 0 Å². The molecule has 0 amide bonds. The molecule has 0 rings (SSSR count). The summed E-state index contributed by atoms with van der Waals surface area (Å²) < 4.78 is 0. The molecular formula is C32H72O4Zr. The summed E-state index contributed by atoms with van der Waals surface area (Å²) in [7, 11) is 0. The van der Waals surface area contributed by atoms with Crippen LogP contribution in [0.15, 0.2) is 0 Å². The normalized spacial score (nSPS) is 10.4. The molecule has 0 fully saturated rings. The van der Waals surface area contributed by atoms with E-state index in [1.54, 1.807) is 0 Å². The molecular weight excluding hydrogens is 540 g/mol. The minimum absolute atomic E-state index is 0. The maximum Gasteiger partial charge on any atom is 0.0431 e. The third-order valence-corrected chi connectivity index (χ3v) is 5.76. The molecule has 5 heteroatoms. The molecule has 0 radical (unpaired) electrons. The van der Waals surface area contributed by atoms with Crippen LogP contribution in [0.3, 0.4) is 0 Å². The fraction of sp³-hybridized carbons (Fsp3) is 1.00. The van der Waals surface area contributed by atoms with Gasteiger partial charge in [-0.3, -0.25) is 0 Å². The average Bonchev–Trinajstić information content (AvgIpc) is 2.81. The van der Waals surface area contributed by atoms with Crippen LogP contribution in [0.1, 0.15) is 158 Å². The van der Waals surface area contributed by atoms with E-state index in [9.17, 15) is 0 Å². The number of unbranched alkanes of at least 4 members (excludes halogenated alkanes) is 8. The zero-order valence-electron chi connectivity index (χ0n) is 26.7. The summed E-state index contributed by atoms with van der Waals surface area (Å²) in [6.45, 7) is 19.3. The first kappa shape index (κ1) is 47.5. The molecule has 4 nitrogen and oxygen atoms in total. The summed E-state index contributed by atoms with van der Waals surface area (Å²) in [6.07, 6.45) is 19.0. The SMILES string of the molecule is CC(C)CCCCCO.CC(C)CCCCCO.CC(C)CCCCCO.CC(C)CCCCCO.[Zr]. The topological polar surface area (TPSA) is 80.9 Å². The fourth-order valence-corrected chi connectivity index (χ4v) is 3.36. The summed E-state index contributed by atoms with van der Waals surface area (Å²) in [6, 6.07) is 0. The van der Waals surface area contributed by atoms with Gasteiger partial charge in [-0.15, -0.1) is 0 Å². The Bertz CT molecular complexity index is 273. The molecule has 0 bridgehead atoms. The average molecular weight is 612 g/mol. The van der Waals surface area contributed by atoms with Crippen molar-refractivity contribution in [3.05, 3.63) is 0 Å². The molecule has 37 heavy (non-hydrogen) atoms. The van der Waals surface area contributed by atoms with E-state index < -0.39 is 0 Å². The Kier molecular flexibility index (Phi) is 56.2. The van der Waals surface area contributed by atoms with Crippen molar-refractivity contribution in [3.8, 4) is 0 Å². The summed E-state index contributed by atoms with van der Waals surface area (Å²) in [4.78, 5) is 0. The Morgan fingerprint density at radius 2 is 0.459 bits per heavy atom. The monoisotopic (exact) mass is 610 g/mol. The van der Waals surface area contributed by atoms with E-state index in [1.165, 1.54) is 77.0 Å². The van der Waals surface area contributed by atoms with E-state index in [0.29, 0.717) is 26.4 Å². The Hall–Kier alpha value is 0.723. The van der Waals surface area contributed by atoms with E-state index in [4.69, 9.17) is 20.4 Å². The van der Waals surface area contributed by atoms with Gasteiger partial charge >= 0.3 is 0 Å². The Balaban J connectivity index is -0.000000122. The van der Waals surface area contributed by atoms with Gasteiger partial charge in [0.2, 0.25) is 0 Å². The zero-order chi connectivity index (χ0) is 28.5. The van der Waals surface area contributed by atoms with Gasteiger partial charge in [-0.2, -0.15) is 0 Å². The van der Waals surface area contributed by atoms with Crippen LogP contribution in [0.2, 0.25) is 0 Å². The molecule has 0 aliphatic rings. The molecule has 0 unspecified atom stereocenters. The maximum atomic E-state index is 8.43. The Morgan fingerprint density at radius 3 is 0.568 bits per heavy atom. The van der Waals surface area contributed by atoms with Crippen molar-refractivity contribution in [1.82, 2.24) is 0 Å². The first-order valence-corrected chi connectivity index (χ1v) is 15.5. The Labute approximate surface area is 253 Å². The minimum Gasteiger partial charge on any atom is -0.396 e. The summed E-state index contributed by atoms with van der Waals surface area (Å²) in [5.41, 5.74) is 0. The first-order valence-electron chi connectivity index (χ1n) is 15.5. The van der Waals surface area contributed by atoms with Gasteiger partial charge in [0.1, 0.15) is 0 Å². The molecule has 0 heterocycles. The maximum absolute atomic E-state index is 8.43. The van der Waals surface area contributed by atoms with Crippen molar-refractivity contribution < 1.29 is 46.6 Å². The van der Waals surface area contributed by atoms with Gasteiger partial charge in [-0.25, -0.2) is 0 Å². The zero-order valence-corrected chi connectivity index (χ0v) is 29.2. The molecule has 0 atom stereocenters. The van der Waals surface area contributed by atoms with E-state index in [2.05, 4.69) is 55.4 Å². The van der Waals surface area contributed by atoms with Gasteiger partial charge in [0.15, 0.2) is 0 Å². The van der Waals surface area contributed by atoms with Gasteiger partial charge < -0.3 is 20.4 Å². The van der Waals surface area contributed by atoms with Crippen LogP contribution >= 0.6 is 0 Å². The van der Waals surface area contributed by atoms with Crippen LogP contribution in [0.25, 0.3) is 0 Å². The first-order chi connectivity index (χ1) is 17.1. The Morgan fingerprint density at radius 1 is 0.297 bits per heavy atom. The van der Waals surface area contributed by atoms with Crippen LogP contribution in [0, 0.1) is 23.7 Å². The van der Waals surface area contributed by atoms with Gasteiger partial charge in [0.05, 0.1) is 0 Å². The van der Waals surface area contributed by atoms with Crippen molar-refractivity contribution in [2.24, 2.45) is 23.7 Å². The third-order valence-electron chi connectivity index (χ3n) is 5.76. The summed E-state index contributed by atoms with van der Waals surface area (Å²) in [5.74, 6) is 3.29. The van der Waals surface area contributed by atoms with Gasteiger partial charge in [-0.05, 0) is 49.4 Å². The number of aliphatic hydroxyl groups excluding tert-OH is 4. The van der Waals surface area contributed by atoms with Crippen LogP contribution in [0.5, 0.6) is 0 Å². The molecule has 0 aromatic rings. The molecule has 0 spiro atoms. The van der Waals surface area contributed by atoms with Gasteiger partial charge in [0.25, 0.3) is 0 Å². The molecule has 228 valence electrons. The van der Waals surface area contributed by atoms with Crippen LogP contribution in [-0.2, 0) is 26.2 Å². The smallest absolute Gasteiger partial charge is 0.0431 e. The van der Waals surface area contributed by atoms with E-state index in [1.807, 2.05) is 0 Å². The largest absolute Gasteiger partial charge is 0.396 e. The van der Waals surface area contributed by atoms with Crippen molar-refractivity contribution in [2.45, 2.75) is 158 Å². The van der Waals surface area contributed by atoms with Crippen molar-refractivity contribution in [3.63, 3.8) is 0 Å². The third kappa shape index (κ3) is 72.4. The molecule has 0 saturated heterocycles. The second-order valence-corrected chi connectivity index (χ2v) is 11.9. The fourth-order valence-electron chi connectivity index (χ4n) is 3.36. The molecule has 4 N–H and O–H groups in total. The molecule has 0 aliphatic heterocycles. The van der Waals surface area contributed by atoms with E-state index in [-0.39, 0.29) is 26.2 Å². The summed E-state index contributed by atoms with van der Waals surface area (Å²) >= 11 is 0. The second-order valence-electron chi connectivity index (χ2n) is 11.9. The van der Waals surface area contributed by atoms with Crippen LogP contribution in [0.4, 0.5) is 0 Å². The van der Waals surface area contributed by atoms with Gasteiger partial charge in [0, 0.05) is 52.6 Å². The quantitative estimate of drug-likeness (QED) is 0.104. The van der Waals surface area contributed by atoms with Crippen LogP contribution < -0.4 is 0 Å². The van der Waals surface area contributed by atoms with Crippen molar-refractivity contribution in [2.75, 3.05) is 26.4 Å². The predicted octanol–water partition coefficient (Wildman–Crippen LogP) is 8.78. The van der Waals surface area contributed by atoms with Crippen LogP contribution in [-0.4, -0.2) is 46.9 Å². The number of rotatable bonds is 20. The van der Waals surface area contributed by atoms with Gasteiger partial charge in [-0.1, -0.05) is 132 Å². The number of hydrogen-bond acceptors (Lipinski definition) is 4. The van der Waals surface area contributed by atoms with Crippen molar-refractivity contribution in [1.29, 1.82) is 0 Å². The molecule has 0 aliphatic carbocycles. The summed E-state index contributed by atoms with van der Waals surface area (Å²) in [5, 5.41) is 33.7. The second kappa shape index (κ2) is 43.8. The molecule has 0 saturated carbocycles. The van der Waals surface area contributed by atoms with Crippen molar-refractivity contribution >= 4 is 0 Å². The predicted molar refractivity (Wildman–Crippen MR) is 162 cm³/mol. The standard InChI is InChI=1S/4C8H18O.Zr/c4*1-8(2)6-4-3-5-7-9;/h4*8-9H,3-7H2,1-2H3;. The van der Waals surface area contributed by atoms with E-state index in [0.717, 1.165) is 49.4 Å². The molecule has 0 aromatic carbocycles. The molecule has 0 aromatic heterocycles. The minimum atomic E-state index is 0.